The Hall–Kier alpha value is -5.55. The first-order valence-corrected chi connectivity index (χ1v) is 27.0. The first kappa shape index (κ1) is 26.4. The minimum absolute atomic E-state index is 0.00216. The van der Waals surface area contributed by atoms with Gasteiger partial charge in [0.05, 0.1) is 2.74 Å². The van der Waals surface area contributed by atoms with Gasteiger partial charge in [-0.05, 0) is 188 Å². The van der Waals surface area contributed by atoms with Gasteiger partial charge in [-0.3, -0.25) is 41.8 Å². The van der Waals surface area contributed by atoms with Gasteiger partial charge in [0.2, 0.25) is 0 Å². The van der Waals surface area contributed by atoms with Crippen LogP contribution in [0.25, 0.3) is 33.5 Å². The van der Waals surface area contributed by atoms with Crippen molar-refractivity contribution in [1.29, 1.82) is 0 Å². The zero-order valence-corrected chi connectivity index (χ0v) is 43.3. The van der Waals surface area contributed by atoms with Gasteiger partial charge in [0.1, 0.15) is 34.0 Å². The van der Waals surface area contributed by atoms with E-state index in [1.807, 2.05) is 0 Å². The van der Waals surface area contributed by atoms with Gasteiger partial charge in [-0.25, -0.2) is 29.3 Å². The van der Waals surface area contributed by atoms with Gasteiger partial charge in [-0.1, -0.05) is 41.3 Å². The summed E-state index contributed by atoms with van der Waals surface area (Å²) in [7, 11) is 0. The SMILES string of the molecule is [2H]C([2H])([2H])C([2H])([2H])C([2H])([2H])n1c(=O)c2[nH]c(C34CC5CC(CC3C5)C4)nc2n(C([2H])([2H])C([2H])([2H])C([2H])([2H])[2H])c1=O.[2H]C([2H])([2H])C([2H])([2H])C([2H])([2H])n1c(=O)n(CCC)c(=O)c2[nH]c(C34CC5CC(CC3C5)C4)nc21.[2H]C1([2H])C2([2H])C([2H])([2H])C3([2H])C([2H])([2H])C1([2H])C([2H])([2H])C3(c1nc3c([nH]1)c(=O)n(CCC)c(=O)n3CCC)C2([2H])[2H]. The molecular formula is C60H84N12O6. The molecule has 12 fully saturated rings. The Balaban J connectivity index is 0.000000148. The molecule has 12 aliphatic rings. The van der Waals surface area contributed by atoms with E-state index in [-0.39, 0.29) is 58.2 Å². The Bertz CT molecular complexity index is 5230. The van der Waals surface area contributed by atoms with Gasteiger partial charge in [0.25, 0.3) is 16.7 Å². The average Bonchev–Trinajstić information content (AvgIpc) is 1.39. The average molecular weight is 1100 g/mol. The molecule has 3 N–H and O–H groups in total. The number of H-pyrrole nitrogens is 3. The van der Waals surface area contributed by atoms with Crippen LogP contribution in [0.3, 0.4) is 0 Å². The number of rotatable bonds is 15. The minimum atomic E-state index is -3.92. The number of fused-ring (bicyclic) bond motifs is 3. The number of aromatic nitrogens is 12. The molecule has 420 valence electrons. The molecule has 0 spiro atoms. The highest BCUT2D eigenvalue weighted by atomic mass is 16.2. The molecule has 0 aromatic carbocycles. The molecule has 12 aliphatic carbocycles. The fourth-order valence-electron chi connectivity index (χ4n) is 15.6. The number of aryl methyl sites for hydroxylation is 3. The van der Waals surface area contributed by atoms with Crippen LogP contribution in [0.15, 0.2) is 28.8 Å². The van der Waals surface area contributed by atoms with Crippen molar-refractivity contribution in [2.45, 2.75) is 231 Å². The third kappa shape index (κ3) is 7.67. The first-order valence-electron chi connectivity index (χ1n) is 44.0. The second-order valence-corrected chi connectivity index (χ2v) is 22.7. The van der Waals surface area contributed by atoms with Crippen LogP contribution in [0.1, 0.15) is 240 Å². The monoisotopic (exact) mass is 1100 g/mol. The van der Waals surface area contributed by atoms with Crippen LogP contribution in [0.2, 0.25) is 0 Å². The van der Waals surface area contributed by atoms with Crippen LogP contribution in [-0.2, 0) is 55.4 Å². The van der Waals surface area contributed by atoms with Gasteiger partial charge >= 0.3 is 17.1 Å². The molecule has 0 amide bonds. The zero-order valence-electron chi connectivity index (χ0n) is 77.3. The van der Waals surface area contributed by atoms with Crippen LogP contribution < -0.4 is 33.7 Å². The predicted molar refractivity (Wildman–Crippen MR) is 301 cm³/mol. The number of hydrogen-bond donors (Lipinski definition) is 3. The highest BCUT2D eigenvalue weighted by Gasteiger charge is 2.62. The molecular weight excluding hydrogens is 985 g/mol. The minimum Gasteiger partial charge on any atom is -0.336 e. The van der Waals surface area contributed by atoms with Crippen LogP contribution in [0.5, 0.6) is 0 Å². The largest absolute Gasteiger partial charge is 0.336 e. The summed E-state index contributed by atoms with van der Waals surface area (Å²) in [5, 5.41) is 0. The van der Waals surface area contributed by atoms with Crippen LogP contribution >= 0.6 is 0 Å². The van der Waals surface area contributed by atoms with Crippen molar-refractivity contribution in [2.24, 2.45) is 53.2 Å². The van der Waals surface area contributed by atoms with Gasteiger partial charge in [-0.2, -0.15) is 0 Å². The number of imidazole rings is 3. The molecule has 18 nitrogen and oxygen atoms in total. The quantitative estimate of drug-likeness (QED) is 0.0899. The number of aromatic amines is 3. The lowest BCUT2D eigenvalue weighted by Crippen LogP contribution is -2.40. The Morgan fingerprint density at radius 3 is 1.28 bits per heavy atom. The maximum atomic E-state index is 13.8. The van der Waals surface area contributed by atoms with Gasteiger partial charge < -0.3 is 15.0 Å². The second-order valence-electron chi connectivity index (χ2n) is 22.7. The van der Waals surface area contributed by atoms with Crippen molar-refractivity contribution in [3.63, 3.8) is 0 Å². The molecule has 0 aliphatic heterocycles. The molecule has 6 aromatic rings. The number of nitrogens with zero attached hydrogens (tertiary/aromatic N) is 9. The second kappa shape index (κ2) is 19.3. The standard InChI is InChI=1S/3C20H28N4O2/c3*1-3-5-23-16-15(17(25)24(6-4-2)19(23)26)21-18(22-16)20-10-12-7-13(11-20)9-14(20)8-12/h3*12-14H,3-11H2,1-2H3,(H,21,22)/i7D2,8D2,9D2,10D2,11D2,12D,13D,14D;1D3,2D3,3D2,4D2,5D2,6D2;1D3,3D2,5D2. The number of hydrogen-bond acceptors (Lipinski definition) is 9. The zero-order chi connectivity index (χ0) is 84.1. The molecule has 0 radical (unpaired) electrons. The van der Waals surface area contributed by atoms with E-state index in [2.05, 4.69) is 29.9 Å². The summed E-state index contributed by atoms with van der Waals surface area (Å²) in [5.74, 6) is -8.59. The summed E-state index contributed by atoms with van der Waals surface area (Å²) in [6.07, 6.45) is -19.1. The summed E-state index contributed by atoms with van der Waals surface area (Å²) in [6.45, 7) is -16.5. The third-order valence-corrected chi connectivity index (χ3v) is 18.2. The van der Waals surface area contributed by atoms with E-state index in [1.54, 1.807) is 20.8 Å². The molecule has 18 rings (SSSR count). The summed E-state index contributed by atoms with van der Waals surface area (Å²) in [5.41, 5.74) is -13.8. The topological polar surface area (TPSA) is 218 Å². The van der Waals surface area contributed by atoms with Crippen molar-refractivity contribution in [3.05, 3.63) is 80.0 Å². The lowest BCUT2D eigenvalue weighted by molar-refractivity contribution is 0.262. The highest BCUT2D eigenvalue weighted by molar-refractivity contribution is 5.72. The summed E-state index contributed by atoms with van der Waals surface area (Å²) in [6, 6.07) is 0. The van der Waals surface area contributed by atoms with Gasteiger partial charge in [0, 0.05) is 99.2 Å². The molecule has 6 aromatic heterocycles. The summed E-state index contributed by atoms with van der Waals surface area (Å²) in [4.78, 5) is 102. The van der Waals surface area contributed by atoms with E-state index in [9.17, 15) is 30.1 Å². The van der Waals surface area contributed by atoms with E-state index in [0.717, 1.165) is 58.6 Å². The Labute approximate surface area is 502 Å². The van der Waals surface area contributed by atoms with Gasteiger partial charge in [-0.15, -0.1) is 0 Å². The summed E-state index contributed by atoms with van der Waals surface area (Å²) < 4.78 is 285. The fraction of sp³-hybridized carbons (Fsp3) is 0.750. The molecule has 18 heteroatoms. The van der Waals surface area contributed by atoms with E-state index in [1.165, 1.54) is 6.42 Å². The third-order valence-electron chi connectivity index (χ3n) is 18.2. The maximum Gasteiger partial charge on any atom is 0.332 e. The normalized spacial score (nSPS) is 46.2. The van der Waals surface area contributed by atoms with Crippen molar-refractivity contribution in [1.82, 2.24) is 57.3 Å². The molecule has 78 heavy (non-hydrogen) atoms. The molecule has 0 saturated heterocycles. The van der Waals surface area contributed by atoms with E-state index >= 15 is 0 Å². The van der Waals surface area contributed by atoms with E-state index in [4.69, 9.17) is 45.2 Å². The predicted octanol–water partition coefficient (Wildman–Crippen LogP) is 8.35. The van der Waals surface area contributed by atoms with Crippen molar-refractivity contribution in [3.8, 4) is 0 Å². The molecule has 12 saturated carbocycles. The van der Waals surface area contributed by atoms with E-state index < -0.39 is 180 Å². The Morgan fingerprint density at radius 1 is 0.500 bits per heavy atom. The Morgan fingerprint density at radius 2 is 0.859 bits per heavy atom. The lowest BCUT2D eigenvalue weighted by Gasteiger charge is -2.30. The smallest absolute Gasteiger partial charge is 0.332 e. The first-order chi connectivity index (χ1) is 50.7. The van der Waals surface area contributed by atoms with Crippen molar-refractivity contribution < 1.29 is 46.6 Å². The van der Waals surface area contributed by atoms with E-state index in [0.29, 0.717) is 72.1 Å². The molecule has 6 atom stereocenters. The molecule has 6 heterocycles. The van der Waals surface area contributed by atoms with Crippen LogP contribution in [0, 0.1) is 53.2 Å². The summed E-state index contributed by atoms with van der Waals surface area (Å²) >= 11 is 0. The molecule has 6 unspecified atom stereocenters. The van der Waals surface area contributed by atoms with Crippen molar-refractivity contribution >= 4 is 33.5 Å². The molecule has 12 bridgehead atoms. The fourth-order valence-corrected chi connectivity index (χ4v) is 15.6. The Kier molecular flexibility index (Phi) is 6.53. The van der Waals surface area contributed by atoms with Crippen LogP contribution in [-0.4, -0.2) is 57.3 Å². The number of nitrogens with one attached hydrogen (secondary N) is 3. The maximum absolute atomic E-state index is 13.8. The van der Waals surface area contributed by atoms with Gasteiger partial charge in [0.15, 0.2) is 16.9 Å². The van der Waals surface area contributed by atoms with Crippen LogP contribution in [0.4, 0.5) is 0 Å². The highest BCUT2D eigenvalue weighted by Crippen LogP contribution is 2.67. The lowest BCUT2D eigenvalue weighted by atomic mass is 9.75. The van der Waals surface area contributed by atoms with Crippen molar-refractivity contribution in [2.75, 3.05) is 0 Å².